The second kappa shape index (κ2) is 9.26. The van der Waals surface area contributed by atoms with Gasteiger partial charge in [0.2, 0.25) is 5.91 Å². The number of amides is 2. The molecule has 8 heteroatoms. The Morgan fingerprint density at radius 2 is 2.14 bits per heavy atom. The number of imidazole rings is 1. The maximum Gasteiger partial charge on any atom is 0.253 e. The van der Waals surface area contributed by atoms with E-state index in [0.29, 0.717) is 31.4 Å². The van der Waals surface area contributed by atoms with Crippen LogP contribution in [0.15, 0.2) is 24.8 Å². The third-order valence-electron chi connectivity index (χ3n) is 5.91. The standard InChI is InChI=1S/C21H31N5O3/c1-5-26-12-16(23-13-26)11-22-20(27)15-6-7-18(19(10-15)29-4)24-21(28)17-8-9-25(3)14(17)2/h8-9,12-13,15,18-19H,5-7,10-11H2,1-4H3,(H,22,27)(H,24,28)/t15-,18+,19+/m0/s1. The van der Waals surface area contributed by atoms with E-state index in [-0.39, 0.29) is 29.9 Å². The zero-order valence-electron chi connectivity index (χ0n) is 17.6. The van der Waals surface area contributed by atoms with Crippen LogP contribution in [-0.4, -0.2) is 45.2 Å². The molecule has 0 spiro atoms. The maximum absolute atomic E-state index is 12.6. The molecule has 2 N–H and O–H groups in total. The summed E-state index contributed by atoms with van der Waals surface area (Å²) in [6.45, 7) is 5.25. The van der Waals surface area contributed by atoms with Gasteiger partial charge in [0.25, 0.3) is 5.91 Å². The van der Waals surface area contributed by atoms with E-state index in [4.69, 9.17) is 4.74 Å². The molecule has 1 aliphatic rings. The lowest BCUT2D eigenvalue weighted by molar-refractivity contribution is -0.128. The Kier molecular flexibility index (Phi) is 6.74. The molecule has 29 heavy (non-hydrogen) atoms. The molecule has 2 amide bonds. The summed E-state index contributed by atoms with van der Waals surface area (Å²) in [5.74, 6) is -0.203. The van der Waals surface area contributed by atoms with Crippen molar-refractivity contribution in [3.63, 3.8) is 0 Å². The van der Waals surface area contributed by atoms with Gasteiger partial charge in [-0.15, -0.1) is 0 Å². The van der Waals surface area contributed by atoms with Crippen LogP contribution in [0.3, 0.4) is 0 Å². The molecular weight excluding hydrogens is 370 g/mol. The number of methoxy groups -OCH3 is 1. The Morgan fingerprint density at radius 1 is 1.34 bits per heavy atom. The van der Waals surface area contributed by atoms with E-state index < -0.39 is 0 Å². The highest BCUT2D eigenvalue weighted by atomic mass is 16.5. The van der Waals surface area contributed by atoms with Gasteiger partial charge in [-0.1, -0.05) is 0 Å². The van der Waals surface area contributed by atoms with Crippen molar-refractivity contribution in [1.29, 1.82) is 0 Å². The van der Waals surface area contributed by atoms with Crippen LogP contribution in [0.4, 0.5) is 0 Å². The van der Waals surface area contributed by atoms with Crippen LogP contribution < -0.4 is 10.6 Å². The number of ether oxygens (including phenoxy) is 1. The van der Waals surface area contributed by atoms with E-state index in [1.54, 1.807) is 13.4 Å². The summed E-state index contributed by atoms with van der Waals surface area (Å²) in [5, 5.41) is 6.08. The molecule has 8 nitrogen and oxygen atoms in total. The number of carbonyl (C=O) groups excluding carboxylic acids is 2. The SMILES string of the molecule is CCn1cnc(CNC(=O)[C@H]2CC[C@@H](NC(=O)c3ccn(C)c3C)[C@H](OC)C2)c1. The minimum atomic E-state index is -0.188. The molecule has 1 aliphatic carbocycles. The first-order chi connectivity index (χ1) is 13.9. The highest BCUT2D eigenvalue weighted by Gasteiger charge is 2.35. The van der Waals surface area contributed by atoms with E-state index in [1.807, 2.05) is 48.5 Å². The van der Waals surface area contributed by atoms with Crippen LogP contribution in [0, 0.1) is 12.8 Å². The first kappa shape index (κ1) is 21.1. The van der Waals surface area contributed by atoms with Crippen molar-refractivity contribution in [2.45, 2.75) is 58.3 Å². The molecule has 0 aromatic carbocycles. The van der Waals surface area contributed by atoms with Crippen LogP contribution in [0.25, 0.3) is 0 Å². The lowest BCUT2D eigenvalue weighted by atomic mass is 9.83. The summed E-state index contributed by atoms with van der Waals surface area (Å²) in [5.41, 5.74) is 2.45. The van der Waals surface area contributed by atoms with Gasteiger partial charge in [0.15, 0.2) is 0 Å². The van der Waals surface area contributed by atoms with Gasteiger partial charge in [-0.05, 0) is 39.2 Å². The average molecular weight is 402 g/mol. The molecule has 2 heterocycles. The van der Waals surface area contributed by atoms with Crippen LogP contribution in [-0.2, 0) is 29.7 Å². The third kappa shape index (κ3) is 4.87. The predicted octanol–water partition coefficient (Wildman–Crippen LogP) is 1.78. The van der Waals surface area contributed by atoms with E-state index in [9.17, 15) is 9.59 Å². The fourth-order valence-electron chi connectivity index (χ4n) is 3.88. The first-order valence-electron chi connectivity index (χ1n) is 10.2. The van der Waals surface area contributed by atoms with Crippen molar-refractivity contribution < 1.29 is 14.3 Å². The number of carbonyl (C=O) groups is 2. The summed E-state index contributed by atoms with van der Waals surface area (Å²) < 4.78 is 9.52. The summed E-state index contributed by atoms with van der Waals surface area (Å²) in [6.07, 6.45) is 7.41. The monoisotopic (exact) mass is 401 g/mol. The number of nitrogens with zero attached hydrogens (tertiary/aromatic N) is 3. The van der Waals surface area contributed by atoms with E-state index in [2.05, 4.69) is 15.6 Å². The van der Waals surface area contributed by atoms with Gasteiger partial charge < -0.3 is 24.5 Å². The zero-order chi connectivity index (χ0) is 21.0. The molecular formula is C21H31N5O3. The van der Waals surface area contributed by atoms with Crippen LogP contribution in [0.1, 0.15) is 47.9 Å². The Morgan fingerprint density at radius 3 is 2.76 bits per heavy atom. The number of rotatable bonds is 7. The molecule has 0 saturated heterocycles. The molecule has 3 rings (SSSR count). The van der Waals surface area contributed by atoms with Gasteiger partial charge >= 0.3 is 0 Å². The summed E-state index contributed by atoms with van der Waals surface area (Å²) in [4.78, 5) is 29.5. The minimum absolute atomic E-state index is 0.0155. The highest BCUT2D eigenvalue weighted by Crippen LogP contribution is 2.27. The fourth-order valence-corrected chi connectivity index (χ4v) is 3.88. The lowest BCUT2D eigenvalue weighted by Gasteiger charge is -2.35. The van der Waals surface area contributed by atoms with Crippen LogP contribution in [0.2, 0.25) is 0 Å². The van der Waals surface area contributed by atoms with Gasteiger partial charge in [0.1, 0.15) is 0 Å². The number of aryl methyl sites for hydroxylation is 2. The van der Waals surface area contributed by atoms with Gasteiger partial charge in [0, 0.05) is 44.7 Å². The molecule has 0 radical (unpaired) electrons. The predicted molar refractivity (Wildman–Crippen MR) is 109 cm³/mol. The fraction of sp³-hybridized carbons (Fsp3) is 0.571. The molecule has 1 saturated carbocycles. The Bertz CT molecular complexity index is 856. The summed E-state index contributed by atoms with van der Waals surface area (Å²) in [6, 6.07) is 1.72. The van der Waals surface area contributed by atoms with Crippen LogP contribution in [0.5, 0.6) is 0 Å². The zero-order valence-corrected chi connectivity index (χ0v) is 17.6. The van der Waals surface area contributed by atoms with Crippen molar-refractivity contribution in [3.8, 4) is 0 Å². The van der Waals surface area contributed by atoms with Crippen molar-refractivity contribution in [2.75, 3.05) is 7.11 Å². The minimum Gasteiger partial charge on any atom is -0.379 e. The Labute approximate surface area is 171 Å². The van der Waals surface area contributed by atoms with Gasteiger partial charge in [0.05, 0.1) is 36.3 Å². The Balaban J connectivity index is 1.53. The number of nitrogens with one attached hydrogen (secondary N) is 2. The molecule has 0 bridgehead atoms. The van der Waals surface area contributed by atoms with E-state index in [1.165, 1.54) is 0 Å². The van der Waals surface area contributed by atoms with Crippen LogP contribution >= 0.6 is 0 Å². The molecule has 2 aromatic rings. The average Bonchev–Trinajstić information content (AvgIpc) is 3.33. The number of hydrogen-bond acceptors (Lipinski definition) is 4. The van der Waals surface area contributed by atoms with Crippen molar-refractivity contribution in [3.05, 3.63) is 41.7 Å². The molecule has 3 atom stereocenters. The highest BCUT2D eigenvalue weighted by molar-refractivity contribution is 5.95. The largest absolute Gasteiger partial charge is 0.379 e. The second-order valence-corrected chi connectivity index (χ2v) is 7.70. The maximum atomic E-state index is 12.6. The smallest absolute Gasteiger partial charge is 0.253 e. The van der Waals surface area contributed by atoms with E-state index in [0.717, 1.165) is 17.9 Å². The lowest BCUT2D eigenvalue weighted by Crippen LogP contribution is -2.49. The second-order valence-electron chi connectivity index (χ2n) is 7.70. The van der Waals surface area contributed by atoms with Gasteiger partial charge in [-0.2, -0.15) is 0 Å². The van der Waals surface area contributed by atoms with E-state index >= 15 is 0 Å². The normalized spacial score (nSPS) is 21.7. The summed E-state index contributed by atoms with van der Waals surface area (Å²) >= 11 is 0. The van der Waals surface area contributed by atoms with Gasteiger partial charge in [-0.25, -0.2) is 4.98 Å². The topological polar surface area (TPSA) is 90.2 Å². The Hall–Kier alpha value is -2.61. The van der Waals surface area contributed by atoms with Crippen molar-refractivity contribution in [1.82, 2.24) is 24.8 Å². The number of aromatic nitrogens is 3. The molecule has 1 fully saturated rings. The molecule has 0 unspecified atom stereocenters. The molecule has 0 aliphatic heterocycles. The van der Waals surface area contributed by atoms with Crippen molar-refractivity contribution >= 4 is 11.8 Å². The van der Waals surface area contributed by atoms with Crippen molar-refractivity contribution in [2.24, 2.45) is 13.0 Å². The molecule has 2 aromatic heterocycles. The summed E-state index contributed by atoms with van der Waals surface area (Å²) in [7, 11) is 3.55. The number of hydrogen-bond donors (Lipinski definition) is 2. The third-order valence-corrected chi connectivity index (χ3v) is 5.91. The van der Waals surface area contributed by atoms with Gasteiger partial charge in [-0.3, -0.25) is 9.59 Å². The molecule has 158 valence electrons. The quantitative estimate of drug-likeness (QED) is 0.740. The first-order valence-corrected chi connectivity index (χ1v) is 10.2.